The molecule has 0 unspecified atom stereocenters. The van der Waals surface area contributed by atoms with Gasteiger partial charge in [0.1, 0.15) is 17.2 Å². The summed E-state index contributed by atoms with van der Waals surface area (Å²) in [7, 11) is 0. The Bertz CT molecular complexity index is 815. The summed E-state index contributed by atoms with van der Waals surface area (Å²) in [6.45, 7) is 3.84. The normalized spacial score (nSPS) is 14.7. The average molecular weight is 388 g/mol. The molecule has 7 nitrogen and oxygen atoms in total. The van der Waals surface area contributed by atoms with Gasteiger partial charge >= 0.3 is 6.03 Å². The number of nitrogens with two attached hydrogens (primary N) is 2. The van der Waals surface area contributed by atoms with Crippen LogP contribution in [0.4, 0.5) is 10.5 Å². The van der Waals surface area contributed by atoms with E-state index in [4.69, 9.17) is 16.2 Å². The van der Waals surface area contributed by atoms with Gasteiger partial charge in [-0.1, -0.05) is 18.6 Å². The standard InChI is InChI=1S/C19H24N4O3S/c20-18(24)17-15(22-19(21)25)12-16(27-17)13-5-4-6-14(11-13)26-10-9-23-7-2-1-3-8-23/h4-6,11-12H,1-3,7-10H2,(H2,20,24)(H3,21,22,25). The summed E-state index contributed by atoms with van der Waals surface area (Å²) in [6, 6.07) is 8.60. The van der Waals surface area contributed by atoms with Gasteiger partial charge in [0.25, 0.3) is 5.91 Å². The van der Waals surface area contributed by atoms with E-state index < -0.39 is 11.9 Å². The highest BCUT2D eigenvalue weighted by atomic mass is 32.1. The zero-order valence-corrected chi connectivity index (χ0v) is 15.9. The predicted molar refractivity (Wildman–Crippen MR) is 107 cm³/mol. The number of hydrogen-bond donors (Lipinski definition) is 3. The number of hydrogen-bond acceptors (Lipinski definition) is 5. The molecule has 0 saturated carbocycles. The highest BCUT2D eigenvalue weighted by molar-refractivity contribution is 7.18. The molecule has 3 amide bonds. The van der Waals surface area contributed by atoms with E-state index in [-0.39, 0.29) is 4.88 Å². The summed E-state index contributed by atoms with van der Waals surface area (Å²) >= 11 is 1.21. The number of benzene rings is 1. The van der Waals surface area contributed by atoms with Crippen LogP contribution in [0, 0.1) is 0 Å². The first-order valence-corrected chi connectivity index (χ1v) is 9.80. The number of nitrogens with zero attached hydrogens (tertiary/aromatic N) is 1. The molecule has 1 aliphatic rings. The highest BCUT2D eigenvalue weighted by Crippen LogP contribution is 2.35. The molecule has 0 bridgehead atoms. The van der Waals surface area contributed by atoms with Crippen molar-refractivity contribution in [3.63, 3.8) is 0 Å². The Labute approximate surface area is 162 Å². The molecule has 0 spiro atoms. The Balaban J connectivity index is 1.69. The maximum atomic E-state index is 11.6. The third kappa shape index (κ3) is 5.21. The fourth-order valence-corrected chi connectivity index (χ4v) is 4.12. The predicted octanol–water partition coefficient (Wildman–Crippen LogP) is 2.87. The van der Waals surface area contributed by atoms with Crippen molar-refractivity contribution in [3.8, 4) is 16.2 Å². The number of piperidine rings is 1. The molecular formula is C19H24N4O3S. The van der Waals surface area contributed by atoms with Crippen LogP contribution in [0.3, 0.4) is 0 Å². The van der Waals surface area contributed by atoms with Crippen molar-refractivity contribution in [1.82, 2.24) is 4.90 Å². The lowest BCUT2D eigenvalue weighted by atomic mass is 10.1. The minimum Gasteiger partial charge on any atom is -0.492 e. The van der Waals surface area contributed by atoms with Crippen LogP contribution in [0.25, 0.3) is 10.4 Å². The summed E-state index contributed by atoms with van der Waals surface area (Å²) in [6.07, 6.45) is 3.84. The number of carbonyl (C=O) groups is 2. The zero-order chi connectivity index (χ0) is 19.2. The lowest BCUT2D eigenvalue weighted by Gasteiger charge is -2.26. The largest absolute Gasteiger partial charge is 0.492 e. The molecule has 0 atom stereocenters. The molecule has 3 rings (SSSR count). The quantitative estimate of drug-likeness (QED) is 0.677. The van der Waals surface area contributed by atoms with Crippen LogP contribution in [0.5, 0.6) is 5.75 Å². The Kier molecular flexibility index (Phi) is 6.31. The third-order valence-corrected chi connectivity index (χ3v) is 5.66. The van der Waals surface area contributed by atoms with Crippen molar-refractivity contribution >= 4 is 29.0 Å². The molecule has 1 saturated heterocycles. The Hall–Kier alpha value is -2.58. The number of amides is 3. The van der Waals surface area contributed by atoms with Crippen LogP contribution in [-0.2, 0) is 0 Å². The minimum atomic E-state index is -0.739. The number of ether oxygens (including phenoxy) is 1. The van der Waals surface area contributed by atoms with Gasteiger partial charge < -0.3 is 21.5 Å². The van der Waals surface area contributed by atoms with E-state index in [0.717, 1.165) is 35.8 Å². The van der Waals surface area contributed by atoms with Crippen LogP contribution in [0.15, 0.2) is 30.3 Å². The van der Waals surface area contributed by atoms with Crippen LogP contribution < -0.4 is 21.5 Å². The average Bonchev–Trinajstić information content (AvgIpc) is 3.06. The number of thiophene rings is 1. The Morgan fingerprint density at radius 2 is 1.93 bits per heavy atom. The third-order valence-electron chi connectivity index (χ3n) is 4.46. The summed E-state index contributed by atoms with van der Waals surface area (Å²) in [5, 5.41) is 2.44. The maximum absolute atomic E-state index is 11.6. The van der Waals surface area contributed by atoms with E-state index >= 15 is 0 Å². The summed E-state index contributed by atoms with van der Waals surface area (Å²) in [5.41, 5.74) is 11.8. The fourth-order valence-electron chi connectivity index (χ4n) is 3.16. The smallest absolute Gasteiger partial charge is 0.316 e. The van der Waals surface area contributed by atoms with Gasteiger partial charge in [-0.15, -0.1) is 11.3 Å². The molecule has 0 radical (unpaired) electrons. The van der Waals surface area contributed by atoms with Crippen molar-refractivity contribution in [2.45, 2.75) is 19.3 Å². The molecule has 1 fully saturated rings. The van der Waals surface area contributed by atoms with Crippen LogP contribution >= 0.6 is 11.3 Å². The van der Waals surface area contributed by atoms with E-state index in [2.05, 4.69) is 10.2 Å². The summed E-state index contributed by atoms with van der Waals surface area (Å²) in [4.78, 5) is 26.2. The minimum absolute atomic E-state index is 0.264. The Morgan fingerprint density at radius 3 is 2.63 bits per heavy atom. The second kappa shape index (κ2) is 8.88. The molecule has 1 aromatic carbocycles. The first-order valence-electron chi connectivity index (χ1n) is 8.98. The first-order chi connectivity index (χ1) is 13.0. The van der Waals surface area contributed by atoms with Crippen molar-refractivity contribution in [1.29, 1.82) is 0 Å². The van der Waals surface area contributed by atoms with Gasteiger partial charge in [0.15, 0.2) is 0 Å². The van der Waals surface area contributed by atoms with E-state index in [0.29, 0.717) is 12.3 Å². The highest BCUT2D eigenvalue weighted by Gasteiger charge is 2.16. The molecule has 1 aromatic heterocycles. The molecular weight excluding hydrogens is 364 g/mol. The molecule has 144 valence electrons. The lowest BCUT2D eigenvalue weighted by molar-refractivity contribution is 0.100. The molecule has 5 N–H and O–H groups in total. The second-order valence-electron chi connectivity index (χ2n) is 6.49. The molecule has 1 aliphatic heterocycles. The van der Waals surface area contributed by atoms with Crippen molar-refractivity contribution < 1.29 is 14.3 Å². The summed E-state index contributed by atoms with van der Waals surface area (Å²) < 4.78 is 5.90. The first kappa shape index (κ1) is 19.2. The lowest BCUT2D eigenvalue weighted by Crippen LogP contribution is -2.33. The van der Waals surface area contributed by atoms with Gasteiger partial charge in [0.2, 0.25) is 0 Å². The second-order valence-corrected chi connectivity index (χ2v) is 7.54. The monoisotopic (exact) mass is 388 g/mol. The van der Waals surface area contributed by atoms with Crippen LogP contribution in [-0.4, -0.2) is 43.1 Å². The SMILES string of the molecule is NC(=O)Nc1cc(-c2cccc(OCCN3CCCCC3)c2)sc1C(N)=O. The molecule has 2 heterocycles. The van der Waals surface area contributed by atoms with Gasteiger partial charge in [0.05, 0.1) is 5.69 Å². The summed E-state index contributed by atoms with van der Waals surface area (Å²) in [5.74, 6) is 0.159. The van der Waals surface area contributed by atoms with Crippen LogP contribution in [0.1, 0.15) is 28.9 Å². The van der Waals surface area contributed by atoms with Crippen LogP contribution in [0.2, 0.25) is 0 Å². The van der Waals surface area contributed by atoms with E-state index in [1.54, 1.807) is 6.07 Å². The van der Waals surface area contributed by atoms with Crippen molar-refractivity contribution in [2.24, 2.45) is 11.5 Å². The molecule has 8 heteroatoms. The molecule has 0 aliphatic carbocycles. The van der Waals surface area contributed by atoms with E-state index in [1.165, 1.54) is 30.6 Å². The number of primary amides is 2. The topological polar surface area (TPSA) is 111 Å². The van der Waals surface area contributed by atoms with Crippen molar-refractivity contribution in [2.75, 3.05) is 31.6 Å². The maximum Gasteiger partial charge on any atom is 0.316 e. The number of anilines is 1. The fraction of sp³-hybridized carbons (Fsp3) is 0.368. The van der Waals surface area contributed by atoms with Crippen molar-refractivity contribution in [3.05, 3.63) is 35.2 Å². The van der Waals surface area contributed by atoms with E-state index in [1.807, 2.05) is 24.3 Å². The number of carbonyl (C=O) groups excluding carboxylic acids is 2. The molecule has 27 heavy (non-hydrogen) atoms. The molecule has 2 aromatic rings. The van der Waals surface area contributed by atoms with E-state index in [9.17, 15) is 9.59 Å². The van der Waals surface area contributed by atoms with Gasteiger partial charge in [-0.2, -0.15) is 0 Å². The van der Waals surface area contributed by atoms with Gasteiger partial charge in [-0.3, -0.25) is 9.69 Å². The number of nitrogens with one attached hydrogen (secondary N) is 1. The zero-order valence-electron chi connectivity index (χ0n) is 15.1. The van der Waals surface area contributed by atoms with Gasteiger partial charge in [-0.05, 0) is 49.7 Å². The van der Waals surface area contributed by atoms with Gasteiger partial charge in [0, 0.05) is 11.4 Å². The number of likely N-dealkylation sites (tertiary alicyclic amines) is 1. The van der Waals surface area contributed by atoms with Gasteiger partial charge in [-0.25, -0.2) is 4.79 Å². The number of rotatable bonds is 7. The number of urea groups is 1. The Morgan fingerprint density at radius 1 is 1.15 bits per heavy atom.